The van der Waals surface area contributed by atoms with Gasteiger partial charge in [0.15, 0.2) is 0 Å². The number of hydrogen-bond donors (Lipinski definition) is 1. The first-order chi connectivity index (χ1) is 8.49. The van der Waals surface area contributed by atoms with Gasteiger partial charge in [0.25, 0.3) is 5.56 Å². The topological polar surface area (TPSA) is 45.8 Å². The lowest BCUT2D eigenvalue weighted by atomic mass is 10.1. The molecule has 0 amide bonds. The molecule has 0 bridgehead atoms. The first-order valence-corrected chi connectivity index (χ1v) is 5.55. The van der Waals surface area contributed by atoms with Crippen molar-refractivity contribution in [1.82, 2.24) is 9.97 Å². The van der Waals surface area contributed by atoms with Gasteiger partial charge in [-0.25, -0.2) is 9.37 Å². The lowest BCUT2D eigenvalue weighted by molar-refractivity contribution is 0.580. The van der Waals surface area contributed by atoms with E-state index in [1.807, 2.05) is 0 Å². The first-order valence-electron chi connectivity index (χ1n) is 5.17. The molecule has 0 aliphatic heterocycles. The zero-order chi connectivity index (χ0) is 13.3. The third kappa shape index (κ3) is 2.41. The quantitative estimate of drug-likeness (QED) is 0.912. The van der Waals surface area contributed by atoms with E-state index in [1.165, 1.54) is 25.1 Å². The summed E-state index contributed by atoms with van der Waals surface area (Å²) < 4.78 is 26.6. The van der Waals surface area contributed by atoms with Gasteiger partial charge in [0, 0.05) is 17.0 Å². The molecule has 3 nitrogen and oxygen atoms in total. The molecule has 0 aliphatic rings. The van der Waals surface area contributed by atoms with Crippen LogP contribution in [0.5, 0.6) is 0 Å². The molecule has 0 unspecified atom stereocenters. The van der Waals surface area contributed by atoms with Crippen molar-refractivity contribution >= 4 is 11.6 Å². The van der Waals surface area contributed by atoms with Crippen molar-refractivity contribution in [2.75, 3.05) is 0 Å². The summed E-state index contributed by atoms with van der Waals surface area (Å²) in [5, 5.41) is 0.236. The van der Waals surface area contributed by atoms with E-state index in [2.05, 4.69) is 9.97 Å². The Morgan fingerprint density at radius 1 is 1.39 bits per heavy atom. The first kappa shape index (κ1) is 12.7. The highest BCUT2D eigenvalue weighted by Crippen LogP contribution is 2.20. The van der Waals surface area contributed by atoms with Crippen LogP contribution in [0.4, 0.5) is 8.78 Å². The van der Waals surface area contributed by atoms with Crippen LogP contribution in [0, 0.1) is 18.6 Å². The van der Waals surface area contributed by atoms with Gasteiger partial charge in [-0.05, 0) is 19.1 Å². The van der Waals surface area contributed by atoms with Gasteiger partial charge >= 0.3 is 0 Å². The van der Waals surface area contributed by atoms with Crippen LogP contribution < -0.4 is 5.56 Å². The standard InChI is InChI=1S/C12H9ClF2N2O/c1-6-11(15)12(18)17-10(16-6)5-7-8(13)3-2-4-9(7)14/h2-4H,5H2,1H3,(H,16,17,18). The molecule has 0 spiro atoms. The predicted octanol–water partition coefficient (Wildman–Crippen LogP) is 2.60. The van der Waals surface area contributed by atoms with E-state index in [0.717, 1.165) is 0 Å². The van der Waals surface area contributed by atoms with Gasteiger partial charge in [0.05, 0.1) is 5.69 Å². The molecule has 6 heteroatoms. The fourth-order valence-corrected chi connectivity index (χ4v) is 1.81. The van der Waals surface area contributed by atoms with E-state index < -0.39 is 17.2 Å². The summed E-state index contributed by atoms with van der Waals surface area (Å²) in [5.74, 6) is -1.25. The molecule has 0 aliphatic carbocycles. The number of aromatic amines is 1. The van der Waals surface area contributed by atoms with Crippen molar-refractivity contribution in [2.24, 2.45) is 0 Å². The Kier molecular flexibility index (Phi) is 3.43. The second-order valence-electron chi connectivity index (χ2n) is 3.79. The molecular weight excluding hydrogens is 262 g/mol. The van der Waals surface area contributed by atoms with Crippen molar-refractivity contribution in [2.45, 2.75) is 13.3 Å². The highest BCUT2D eigenvalue weighted by atomic mass is 35.5. The van der Waals surface area contributed by atoms with Crippen LogP contribution in [0.15, 0.2) is 23.0 Å². The summed E-state index contributed by atoms with van der Waals surface area (Å²) in [6, 6.07) is 4.28. The lowest BCUT2D eigenvalue weighted by Crippen LogP contribution is -2.18. The second kappa shape index (κ2) is 4.86. The highest BCUT2D eigenvalue weighted by molar-refractivity contribution is 6.31. The Morgan fingerprint density at radius 3 is 2.72 bits per heavy atom. The molecular formula is C12H9ClF2N2O. The van der Waals surface area contributed by atoms with Crippen molar-refractivity contribution < 1.29 is 8.78 Å². The molecule has 2 rings (SSSR count). The van der Waals surface area contributed by atoms with Crippen LogP contribution in [-0.4, -0.2) is 9.97 Å². The summed E-state index contributed by atoms with van der Waals surface area (Å²) in [4.78, 5) is 17.3. The average Bonchev–Trinajstić information content (AvgIpc) is 2.31. The minimum Gasteiger partial charge on any atom is -0.308 e. The lowest BCUT2D eigenvalue weighted by Gasteiger charge is -2.06. The van der Waals surface area contributed by atoms with Gasteiger partial charge in [0.1, 0.15) is 11.6 Å². The van der Waals surface area contributed by atoms with Crippen molar-refractivity contribution in [3.05, 3.63) is 62.3 Å². The molecule has 1 heterocycles. The van der Waals surface area contributed by atoms with Crippen LogP contribution in [0.25, 0.3) is 0 Å². The summed E-state index contributed by atoms with van der Waals surface area (Å²) >= 11 is 5.86. The molecule has 1 aromatic carbocycles. The van der Waals surface area contributed by atoms with Gasteiger partial charge in [-0.3, -0.25) is 4.79 Å². The van der Waals surface area contributed by atoms with Gasteiger partial charge in [-0.15, -0.1) is 0 Å². The molecule has 1 aromatic heterocycles. The maximum Gasteiger partial charge on any atom is 0.287 e. The smallest absolute Gasteiger partial charge is 0.287 e. The number of halogens is 3. The van der Waals surface area contributed by atoms with Gasteiger partial charge in [-0.2, -0.15) is 4.39 Å². The van der Waals surface area contributed by atoms with E-state index in [0.29, 0.717) is 0 Å². The molecule has 0 radical (unpaired) electrons. The maximum atomic E-state index is 13.5. The number of rotatable bonds is 2. The van der Waals surface area contributed by atoms with Crippen LogP contribution in [0.1, 0.15) is 17.1 Å². The monoisotopic (exact) mass is 270 g/mol. The van der Waals surface area contributed by atoms with Crippen LogP contribution in [-0.2, 0) is 6.42 Å². The number of aryl methyl sites for hydroxylation is 1. The molecule has 0 atom stereocenters. The maximum absolute atomic E-state index is 13.5. The Labute approximate surface area is 106 Å². The van der Waals surface area contributed by atoms with Crippen molar-refractivity contribution in [1.29, 1.82) is 0 Å². The molecule has 18 heavy (non-hydrogen) atoms. The third-order valence-electron chi connectivity index (χ3n) is 2.48. The molecule has 1 N–H and O–H groups in total. The highest BCUT2D eigenvalue weighted by Gasteiger charge is 2.12. The van der Waals surface area contributed by atoms with Crippen LogP contribution in [0.3, 0.4) is 0 Å². The zero-order valence-corrected chi connectivity index (χ0v) is 10.2. The molecule has 0 saturated heterocycles. The van der Waals surface area contributed by atoms with Gasteiger partial charge in [-0.1, -0.05) is 17.7 Å². The SMILES string of the molecule is Cc1nc(Cc2c(F)cccc2Cl)[nH]c(=O)c1F. The minimum atomic E-state index is -0.932. The normalized spacial score (nSPS) is 10.7. The Hall–Kier alpha value is -1.75. The number of H-pyrrole nitrogens is 1. The summed E-state index contributed by atoms with van der Waals surface area (Å²) in [6.45, 7) is 1.37. The summed E-state index contributed by atoms with van der Waals surface area (Å²) in [6.07, 6.45) is 0.00185. The fourth-order valence-electron chi connectivity index (χ4n) is 1.58. The van der Waals surface area contributed by atoms with Crippen molar-refractivity contribution in [3.8, 4) is 0 Å². The Bertz CT molecular complexity index is 635. The summed E-state index contributed by atoms with van der Waals surface area (Å²) in [7, 11) is 0. The minimum absolute atomic E-state index is 0.00185. The van der Waals surface area contributed by atoms with E-state index >= 15 is 0 Å². The average molecular weight is 271 g/mol. The predicted molar refractivity (Wildman–Crippen MR) is 63.8 cm³/mol. The molecule has 0 fully saturated rings. The largest absolute Gasteiger partial charge is 0.308 e. The number of benzene rings is 1. The number of aromatic nitrogens is 2. The van der Waals surface area contributed by atoms with E-state index in [1.54, 1.807) is 0 Å². The Balaban J connectivity index is 2.44. The molecule has 0 saturated carbocycles. The second-order valence-corrected chi connectivity index (χ2v) is 4.20. The molecule has 2 aromatic rings. The number of hydrogen-bond acceptors (Lipinski definition) is 2. The van der Waals surface area contributed by atoms with Crippen molar-refractivity contribution in [3.63, 3.8) is 0 Å². The fraction of sp³-hybridized carbons (Fsp3) is 0.167. The zero-order valence-electron chi connectivity index (χ0n) is 9.43. The van der Waals surface area contributed by atoms with E-state index in [9.17, 15) is 13.6 Å². The summed E-state index contributed by atoms with van der Waals surface area (Å²) in [5.41, 5.74) is -0.681. The van der Waals surface area contributed by atoms with E-state index in [-0.39, 0.29) is 28.5 Å². The van der Waals surface area contributed by atoms with Crippen LogP contribution >= 0.6 is 11.6 Å². The van der Waals surface area contributed by atoms with Gasteiger partial charge < -0.3 is 4.98 Å². The van der Waals surface area contributed by atoms with E-state index in [4.69, 9.17) is 11.6 Å². The molecule has 94 valence electrons. The number of nitrogens with one attached hydrogen (secondary N) is 1. The van der Waals surface area contributed by atoms with Crippen LogP contribution in [0.2, 0.25) is 5.02 Å². The number of nitrogens with zero attached hydrogens (tertiary/aromatic N) is 1. The third-order valence-corrected chi connectivity index (χ3v) is 2.84. The Morgan fingerprint density at radius 2 is 2.11 bits per heavy atom. The van der Waals surface area contributed by atoms with Gasteiger partial charge in [0.2, 0.25) is 5.82 Å².